The molecule has 2 heterocycles. The normalized spacial score (nSPS) is 9.67. The maximum absolute atomic E-state index is 11.9. The van der Waals surface area contributed by atoms with E-state index in [1.54, 1.807) is 0 Å². The van der Waals surface area contributed by atoms with E-state index in [0.717, 1.165) is 9.13 Å². The zero-order chi connectivity index (χ0) is 18.0. The van der Waals surface area contributed by atoms with E-state index in [-0.39, 0.29) is 11.1 Å². The quantitative estimate of drug-likeness (QED) is 0.518. The predicted molar refractivity (Wildman–Crippen MR) is 87.6 cm³/mol. The lowest BCUT2D eigenvalue weighted by Crippen LogP contribution is -2.37. The van der Waals surface area contributed by atoms with Crippen LogP contribution in [0.4, 0.5) is 0 Å². The van der Waals surface area contributed by atoms with Crippen LogP contribution in [-0.4, -0.2) is 18.3 Å². The third kappa shape index (κ3) is 2.99. The van der Waals surface area contributed by atoms with Crippen LogP contribution in [0.15, 0.2) is 31.6 Å². The molecule has 0 saturated carbocycles. The summed E-state index contributed by atoms with van der Waals surface area (Å²) in [7, 11) is 5.73. The van der Waals surface area contributed by atoms with E-state index in [4.69, 9.17) is 0 Å². The van der Waals surface area contributed by atoms with Crippen LogP contribution in [0.25, 0.3) is 0 Å². The molecular formula is C16H14N4O4. The highest BCUT2D eigenvalue weighted by molar-refractivity contribution is 5.42. The van der Waals surface area contributed by atoms with Crippen LogP contribution in [-0.2, 0) is 28.2 Å². The minimum atomic E-state index is -0.523. The zero-order valence-corrected chi connectivity index (χ0v) is 13.6. The van der Waals surface area contributed by atoms with Crippen LogP contribution in [0.2, 0.25) is 0 Å². The van der Waals surface area contributed by atoms with Crippen LogP contribution in [0.5, 0.6) is 0 Å². The van der Waals surface area contributed by atoms with Crippen molar-refractivity contribution in [2.45, 2.75) is 0 Å². The molecule has 0 N–H and O–H groups in total. The molecule has 0 bridgehead atoms. The van der Waals surface area contributed by atoms with Crippen LogP contribution < -0.4 is 22.5 Å². The molecule has 8 nitrogen and oxygen atoms in total. The molecule has 2 rings (SSSR count). The summed E-state index contributed by atoms with van der Waals surface area (Å²) in [5, 5.41) is 0. The first-order chi connectivity index (χ1) is 11.2. The van der Waals surface area contributed by atoms with Gasteiger partial charge in [-0.25, -0.2) is 9.59 Å². The minimum absolute atomic E-state index is 0.113. The molecule has 0 amide bonds. The van der Waals surface area contributed by atoms with Gasteiger partial charge in [0.25, 0.3) is 11.1 Å². The summed E-state index contributed by atoms with van der Waals surface area (Å²) in [5.74, 6) is 10.1. The average Bonchev–Trinajstić information content (AvgIpc) is 2.56. The molecule has 24 heavy (non-hydrogen) atoms. The lowest BCUT2D eigenvalue weighted by atomic mass is 10.3. The Bertz CT molecular complexity index is 1090. The summed E-state index contributed by atoms with van der Waals surface area (Å²) < 4.78 is 4.36. The van der Waals surface area contributed by atoms with Gasteiger partial charge < -0.3 is 9.13 Å². The van der Waals surface area contributed by atoms with Gasteiger partial charge in [0.15, 0.2) is 0 Å². The van der Waals surface area contributed by atoms with E-state index in [1.165, 1.54) is 49.7 Å². The molecule has 0 aliphatic carbocycles. The van der Waals surface area contributed by atoms with Gasteiger partial charge in [-0.2, -0.15) is 0 Å². The molecule has 2 aromatic heterocycles. The van der Waals surface area contributed by atoms with Gasteiger partial charge in [-0.15, -0.1) is 0 Å². The van der Waals surface area contributed by atoms with Gasteiger partial charge in [-0.1, -0.05) is 0 Å². The summed E-state index contributed by atoms with van der Waals surface area (Å²) >= 11 is 0. The molecule has 0 aliphatic heterocycles. The Hall–Kier alpha value is -3.52. The molecule has 0 radical (unpaired) electrons. The Morgan fingerprint density at radius 1 is 0.667 bits per heavy atom. The van der Waals surface area contributed by atoms with Gasteiger partial charge >= 0.3 is 11.4 Å². The van der Waals surface area contributed by atoms with Crippen molar-refractivity contribution in [3.63, 3.8) is 0 Å². The number of nitrogens with zero attached hydrogens (tertiary/aromatic N) is 4. The maximum Gasteiger partial charge on any atom is 0.330 e. The highest BCUT2D eigenvalue weighted by atomic mass is 16.2. The standard InChI is InChI=1S/C16H14N4O4/c1-17-9-11(13(21)19(3)15(17)23)7-5-6-8-12-10-18(2)16(24)20(4)14(12)22/h9-10H,1-4H3. The topological polar surface area (TPSA) is 88.0 Å². The number of aryl methyl sites for hydroxylation is 2. The predicted octanol–water partition coefficient (Wildman–Crippen LogP) is -2.12. The first-order valence-electron chi connectivity index (χ1n) is 6.79. The summed E-state index contributed by atoms with van der Waals surface area (Å²) in [6.07, 6.45) is 2.65. The zero-order valence-electron chi connectivity index (χ0n) is 13.6. The van der Waals surface area contributed by atoms with Gasteiger partial charge in [0, 0.05) is 40.6 Å². The maximum atomic E-state index is 11.9. The smallest absolute Gasteiger partial charge is 0.302 e. The van der Waals surface area contributed by atoms with Gasteiger partial charge in [-0.05, 0) is 23.7 Å². The fourth-order valence-electron chi connectivity index (χ4n) is 1.99. The first kappa shape index (κ1) is 16.8. The highest BCUT2D eigenvalue weighted by Gasteiger charge is 2.04. The van der Waals surface area contributed by atoms with Gasteiger partial charge in [0.2, 0.25) is 0 Å². The van der Waals surface area contributed by atoms with Crippen molar-refractivity contribution in [2.75, 3.05) is 0 Å². The van der Waals surface area contributed by atoms with Crippen LogP contribution >= 0.6 is 0 Å². The molecule has 0 saturated heterocycles. The van der Waals surface area contributed by atoms with E-state index in [2.05, 4.69) is 23.7 Å². The van der Waals surface area contributed by atoms with Crippen molar-refractivity contribution in [1.82, 2.24) is 18.3 Å². The molecule has 0 unspecified atom stereocenters. The van der Waals surface area contributed by atoms with Crippen molar-refractivity contribution >= 4 is 0 Å². The molecule has 0 spiro atoms. The number of hydrogen-bond acceptors (Lipinski definition) is 4. The van der Waals surface area contributed by atoms with Crippen molar-refractivity contribution < 1.29 is 0 Å². The molecule has 8 heteroatoms. The summed E-state index contributed by atoms with van der Waals surface area (Å²) in [6, 6.07) is 0. The second-order valence-corrected chi connectivity index (χ2v) is 5.10. The second kappa shape index (κ2) is 6.31. The summed E-state index contributed by atoms with van der Waals surface area (Å²) in [4.78, 5) is 46.9. The van der Waals surface area contributed by atoms with Gasteiger partial charge in [-0.3, -0.25) is 18.7 Å². The number of rotatable bonds is 0. The fourth-order valence-corrected chi connectivity index (χ4v) is 1.99. The minimum Gasteiger partial charge on any atom is -0.302 e. The fraction of sp³-hybridized carbons (Fsp3) is 0.250. The van der Waals surface area contributed by atoms with Crippen molar-refractivity contribution in [1.29, 1.82) is 0 Å². The first-order valence-corrected chi connectivity index (χ1v) is 6.79. The van der Waals surface area contributed by atoms with Gasteiger partial charge in [0.05, 0.1) is 0 Å². The van der Waals surface area contributed by atoms with Crippen LogP contribution in [0.1, 0.15) is 11.1 Å². The summed E-state index contributed by atoms with van der Waals surface area (Å²) in [5.41, 5.74) is -1.73. The van der Waals surface area contributed by atoms with E-state index in [0.29, 0.717) is 0 Å². The number of hydrogen-bond donors (Lipinski definition) is 0. The Labute approximate surface area is 136 Å². The SMILES string of the molecule is Cn1cc(C#CC#Cc2cn(C)c(=O)n(C)c2=O)c(=O)n(C)c1=O. The highest BCUT2D eigenvalue weighted by Crippen LogP contribution is 1.85. The third-order valence-electron chi connectivity index (χ3n) is 3.35. The van der Waals surface area contributed by atoms with E-state index < -0.39 is 22.5 Å². The molecular weight excluding hydrogens is 312 g/mol. The molecule has 0 atom stereocenters. The van der Waals surface area contributed by atoms with Crippen molar-refractivity contribution in [3.8, 4) is 23.7 Å². The number of aromatic nitrogens is 4. The Morgan fingerprint density at radius 3 is 1.33 bits per heavy atom. The lowest BCUT2D eigenvalue weighted by molar-refractivity contribution is 0.682. The van der Waals surface area contributed by atoms with E-state index in [1.807, 2.05) is 0 Å². The average molecular weight is 326 g/mol. The molecule has 122 valence electrons. The molecule has 2 aromatic rings. The lowest BCUT2D eigenvalue weighted by Gasteiger charge is -2.01. The monoisotopic (exact) mass is 326 g/mol. The van der Waals surface area contributed by atoms with Crippen molar-refractivity contribution in [2.24, 2.45) is 28.2 Å². The van der Waals surface area contributed by atoms with E-state index in [9.17, 15) is 19.2 Å². The van der Waals surface area contributed by atoms with Crippen LogP contribution in [0.3, 0.4) is 0 Å². The molecule has 0 aliphatic rings. The Morgan fingerprint density at radius 2 is 1.00 bits per heavy atom. The van der Waals surface area contributed by atoms with Gasteiger partial charge in [0.1, 0.15) is 11.1 Å². The molecule has 0 aromatic carbocycles. The third-order valence-corrected chi connectivity index (χ3v) is 3.35. The second-order valence-electron chi connectivity index (χ2n) is 5.10. The Kier molecular flexibility index (Phi) is 4.43. The van der Waals surface area contributed by atoms with E-state index >= 15 is 0 Å². The molecule has 0 fully saturated rings. The Balaban J connectivity index is 2.47. The van der Waals surface area contributed by atoms with Crippen LogP contribution in [0, 0.1) is 23.7 Å². The largest absolute Gasteiger partial charge is 0.330 e. The van der Waals surface area contributed by atoms with Crippen molar-refractivity contribution in [3.05, 3.63) is 65.2 Å². The summed E-state index contributed by atoms with van der Waals surface area (Å²) in [6.45, 7) is 0.